The van der Waals surface area contributed by atoms with Crippen LogP contribution in [0.3, 0.4) is 0 Å². The Bertz CT molecular complexity index is 1390. The van der Waals surface area contributed by atoms with Gasteiger partial charge < -0.3 is 4.42 Å². The smallest absolute Gasteiger partial charge is 0.280 e. The number of aliphatic imine (C=N–C) groups is 1. The Balaban J connectivity index is 1.49. The van der Waals surface area contributed by atoms with E-state index in [1.807, 2.05) is 0 Å². The summed E-state index contributed by atoms with van der Waals surface area (Å²) in [5.74, 6) is 0.670. The number of nitrogens with zero attached hydrogens (tertiary/aromatic N) is 4. The minimum absolute atomic E-state index is 0.0259. The molecule has 5 rings (SSSR count). The fourth-order valence-corrected chi connectivity index (χ4v) is 5.69. The molecule has 2 fully saturated rings. The molecule has 3 aromatic rings. The normalized spacial score (nSPS) is 18.9. The lowest BCUT2D eigenvalue weighted by Gasteiger charge is -2.30. The van der Waals surface area contributed by atoms with Crippen molar-refractivity contribution in [2.45, 2.75) is 45.1 Å². The van der Waals surface area contributed by atoms with Crippen LogP contribution in [0.5, 0.6) is 0 Å². The van der Waals surface area contributed by atoms with Crippen LogP contribution in [-0.2, 0) is 4.79 Å². The van der Waals surface area contributed by atoms with Crippen LogP contribution in [0.1, 0.15) is 43.4 Å². The summed E-state index contributed by atoms with van der Waals surface area (Å²) >= 11 is 7.56. The van der Waals surface area contributed by atoms with Gasteiger partial charge in [0.2, 0.25) is 0 Å². The van der Waals surface area contributed by atoms with E-state index in [0.29, 0.717) is 37.9 Å². The lowest BCUT2D eigenvalue weighted by atomic mass is 9.94. The Kier molecular flexibility index (Phi) is 6.93. The van der Waals surface area contributed by atoms with Crippen LogP contribution in [0.2, 0.25) is 5.02 Å². The number of nitro groups is 1. The second kappa shape index (κ2) is 10.3. The van der Waals surface area contributed by atoms with Crippen LogP contribution in [0.15, 0.2) is 63.1 Å². The highest BCUT2D eigenvalue weighted by molar-refractivity contribution is 8.18. The van der Waals surface area contributed by atoms with Crippen molar-refractivity contribution < 1.29 is 14.1 Å². The Morgan fingerprint density at radius 2 is 2.03 bits per heavy atom. The number of thioether (sulfide) groups is 1. The number of pyridine rings is 1. The molecule has 36 heavy (non-hydrogen) atoms. The number of furan rings is 1. The molecule has 10 heteroatoms. The third-order valence-electron chi connectivity index (χ3n) is 6.26. The number of hydrogen-bond acceptors (Lipinski definition) is 7. The molecule has 0 bridgehead atoms. The molecular formula is C26H23ClN4O4S. The van der Waals surface area contributed by atoms with Gasteiger partial charge in [0, 0.05) is 30.6 Å². The number of halogens is 1. The van der Waals surface area contributed by atoms with Crippen molar-refractivity contribution in [3.63, 3.8) is 0 Å². The molecule has 1 amide bonds. The molecule has 1 saturated carbocycles. The summed E-state index contributed by atoms with van der Waals surface area (Å²) in [6, 6.07) is 10.2. The van der Waals surface area contributed by atoms with Crippen LogP contribution in [-0.4, -0.2) is 31.9 Å². The van der Waals surface area contributed by atoms with Crippen molar-refractivity contribution in [1.82, 2.24) is 9.88 Å². The molecule has 1 aromatic carbocycles. The number of benzene rings is 1. The van der Waals surface area contributed by atoms with Crippen LogP contribution in [0, 0.1) is 17.0 Å². The van der Waals surface area contributed by atoms with Gasteiger partial charge in [-0.25, -0.2) is 4.99 Å². The number of aromatic nitrogens is 1. The number of aryl methyl sites for hydroxylation is 1. The first-order valence-electron chi connectivity index (χ1n) is 11.7. The first-order chi connectivity index (χ1) is 17.4. The molecule has 0 unspecified atom stereocenters. The molecular weight excluding hydrogens is 500 g/mol. The van der Waals surface area contributed by atoms with E-state index in [1.54, 1.807) is 54.4 Å². The lowest BCUT2D eigenvalue weighted by Crippen LogP contribution is -2.40. The molecule has 0 N–H and O–H groups in total. The van der Waals surface area contributed by atoms with Crippen molar-refractivity contribution in [2.75, 3.05) is 0 Å². The van der Waals surface area contributed by atoms with E-state index in [0.717, 1.165) is 37.7 Å². The van der Waals surface area contributed by atoms with Crippen molar-refractivity contribution >= 4 is 51.9 Å². The zero-order valence-electron chi connectivity index (χ0n) is 19.5. The number of amidine groups is 1. The zero-order chi connectivity index (χ0) is 25.2. The second-order valence-electron chi connectivity index (χ2n) is 8.78. The molecule has 184 valence electrons. The molecule has 1 aliphatic carbocycles. The number of carbonyl (C=O) groups is 1. The average molecular weight is 523 g/mol. The van der Waals surface area contributed by atoms with Crippen LogP contribution >= 0.6 is 23.4 Å². The van der Waals surface area contributed by atoms with Crippen molar-refractivity contribution in [2.24, 2.45) is 4.99 Å². The number of rotatable bonds is 5. The largest absolute Gasteiger partial charge is 0.456 e. The predicted molar refractivity (Wildman–Crippen MR) is 141 cm³/mol. The zero-order valence-corrected chi connectivity index (χ0v) is 21.1. The quantitative estimate of drug-likeness (QED) is 0.200. The van der Waals surface area contributed by atoms with Gasteiger partial charge in [-0.15, -0.1) is 0 Å². The van der Waals surface area contributed by atoms with Gasteiger partial charge in [0.15, 0.2) is 5.17 Å². The summed E-state index contributed by atoms with van der Waals surface area (Å²) in [6.45, 7) is 1.80. The van der Waals surface area contributed by atoms with Crippen LogP contribution in [0.4, 0.5) is 11.4 Å². The molecule has 2 aliphatic rings. The highest BCUT2D eigenvalue weighted by atomic mass is 35.5. The molecule has 0 atom stereocenters. The average Bonchev–Trinajstić information content (AvgIpc) is 3.45. The highest BCUT2D eigenvalue weighted by Gasteiger charge is 2.39. The maximum absolute atomic E-state index is 13.5. The molecule has 2 aromatic heterocycles. The van der Waals surface area contributed by atoms with Crippen molar-refractivity contribution in [3.8, 4) is 11.3 Å². The first kappa shape index (κ1) is 24.3. The Morgan fingerprint density at radius 1 is 1.22 bits per heavy atom. The van der Waals surface area contributed by atoms with E-state index in [2.05, 4.69) is 4.98 Å². The SMILES string of the molecule is Cc1ccc(-c2ccc(/C=C3/SC(=Nc4ccncc4Cl)N(C4CCCCC4)C3=O)o2)c([N+](=O)[O-])c1. The topological polar surface area (TPSA) is 102 Å². The molecule has 8 nitrogen and oxygen atoms in total. The molecule has 0 spiro atoms. The predicted octanol–water partition coefficient (Wildman–Crippen LogP) is 7.15. The number of nitro benzene ring substituents is 1. The number of hydrogen-bond donors (Lipinski definition) is 0. The summed E-state index contributed by atoms with van der Waals surface area (Å²) < 4.78 is 5.93. The van der Waals surface area contributed by atoms with Gasteiger partial charge in [0.05, 0.1) is 26.1 Å². The van der Waals surface area contributed by atoms with Gasteiger partial charge in [-0.05, 0) is 61.4 Å². The van der Waals surface area contributed by atoms with Crippen LogP contribution in [0.25, 0.3) is 17.4 Å². The van der Waals surface area contributed by atoms with Crippen LogP contribution < -0.4 is 0 Å². The Labute approximate surface area is 217 Å². The fraction of sp³-hybridized carbons (Fsp3) is 0.269. The maximum Gasteiger partial charge on any atom is 0.280 e. The summed E-state index contributed by atoms with van der Waals surface area (Å²) in [6.07, 6.45) is 9.95. The van der Waals surface area contributed by atoms with E-state index in [4.69, 9.17) is 21.0 Å². The maximum atomic E-state index is 13.5. The fourth-order valence-electron chi connectivity index (χ4n) is 4.49. The van der Waals surface area contributed by atoms with E-state index in [1.165, 1.54) is 24.0 Å². The van der Waals surface area contributed by atoms with E-state index in [9.17, 15) is 14.9 Å². The van der Waals surface area contributed by atoms with Gasteiger partial charge in [0.1, 0.15) is 11.5 Å². The first-order valence-corrected chi connectivity index (χ1v) is 12.9. The second-order valence-corrected chi connectivity index (χ2v) is 10.2. The number of amides is 1. The summed E-state index contributed by atoms with van der Waals surface area (Å²) in [5, 5.41) is 12.5. The monoisotopic (exact) mass is 522 g/mol. The molecule has 1 aliphatic heterocycles. The lowest BCUT2D eigenvalue weighted by molar-refractivity contribution is -0.384. The minimum atomic E-state index is -0.422. The summed E-state index contributed by atoms with van der Waals surface area (Å²) in [7, 11) is 0. The van der Waals surface area contributed by atoms with Gasteiger partial charge in [-0.1, -0.05) is 36.9 Å². The van der Waals surface area contributed by atoms with Crippen molar-refractivity contribution in [3.05, 3.63) is 80.2 Å². The molecule has 3 heterocycles. The third-order valence-corrected chi connectivity index (χ3v) is 7.53. The Morgan fingerprint density at radius 3 is 2.78 bits per heavy atom. The van der Waals surface area contributed by atoms with E-state index >= 15 is 0 Å². The van der Waals surface area contributed by atoms with Crippen molar-refractivity contribution in [1.29, 1.82) is 0 Å². The highest BCUT2D eigenvalue weighted by Crippen LogP contribution is 2.40. The van der Waals surface area contributed by atoms with Gasteiger partial charge in [-0.3, -0.25) is 24.8 Å². The summed E-state index contributed by atoms with van der Waals surface area (Å²) in [4.78, 5) is 35.6. The third kappa shape index (κ3) is 4.94. The van der Waals surface area contributed by atoms with E-state index in [-0.39, 0.29) is 17.6 Å². The summed E-state index contributed by atoms with van der Waals surface area (Å²) in [5.41, 5.74) is 1.70. The van der Waals surface area contributed by atoms with Gasteiger partial charge in [-0.2, -0.15) is 0 Å². The van der Waals surface area contributed by atoms with Gasteiger partial charge in [0.25, 0.3) is 11.6 Å². The van der Waals surface area contributed by atoms with E-state index < -0.39 is 4.92 Å². The standard InChI is InChI=1S/C26H23ClN4O4S/c1-16-7-9-19(22(13-16)31(33)34)23-10-8-18(35-23)14-24-25(32)30(17-5-3-2-4-6-17)26(36-24)29-21-11-12-28-15-20(21)27/h7-15,17H,2-6H2,1H3/b24-14+,29-26?. The number of carbonyl (C=O) groups excluding carboxylic acids is 1. The molecule has 1 saturated heterocycles. The Hall–Kier alpha value is -3.43. The molecule has 0 radical (unpaired) electrons. The minimum Gasteiger partial charge on any atom is -0.456 e. The van der Waals surface area contributed by atoms with Gasteiger partial charge >= 0.3 is 0 Å².